The fourth-order valence-corrected chi connectivity index (χ4v) is 3.57. The molecule has 0 radical (unpaired) electrons. The van der Waals surface area contributed by atoms with Crippen molar-refractivity contribution in [1.29, 1.82) is 0 Å². The van der Waals surface area contributed by atoms with Gasteiger partial charge in [-0.05, 0) is 37.1 Å². The first kappa shape index (κ1) is 16.0. The highest BCUT2D eigenvalue weighted by Gasteiger charge is 2.29. The van der Waals surface area contributed by atoms with E-state index in [4.69, 9.17) is 0 Å². The normalized spacial score (nSPS) is 28.8. The molecule has 108 valence electrons. The summed E-state index contributed by atoms with van der Waals surface area (Å²) in [5, 5.41) is 3.67. The Morgan fingerprint density at radius 3 is 2.39 bits per heavy atom. The average molecular weight is 253 g/mol. The maximum absolute atomic E-state index is 3.67. The van der Waals surface area contributed by atoms with E-state index >= 15 is 0 Å². The van der Waals surface area contributed by atoms with Crippen LogP contribution in [-0.4, -0.2) is 12.6 Å². The summed E-state index contributed by atoms with van der Waals surface area (Å²) in [6.07, 6.45) is 11.6. The molecule has 1 rings (SSSR count). The largest absolute Gasteiger partial charge is 0.314 e. The molecule has 1 aliphatic carbocycles. The van der Waals surface area contributed by atoms with E-state index in [1.807, 2.05) is 0 Å². The minimum Gasteiger partial charge on any atom is -0.314 e. The van der Waals surface area contributed by atoms with E-state index in [1.165, 1.54) is 57.9 Å². The first-order valence-corrected chi connectivity index (χ1v) is 8.40. The Morgan fingerprint density at radius 1 is 1.00 bits per heavy atom. The second-order valence-electron chi connectivity index (χ2n) is 6.69. The number of unbranched alkanes of at least 4 members (excludes halogenated alkanes) is 1. The molecule has 0 aromatic carbocycles. The summed E-state index contributed by atoms with van der Waals surface area (Å²) >= 11 is 0. The third-order valence-electron chi connectivity index (χ3n) is 4.66. The highest BCUT2D eigenvalue weighted by Crippen LogP contribution is 2.38. The molecule has 0 spiro atoms. The van der Waals surface area contributed by atoms with E-state index in [2.05, 4.69) is 33.0 Å². The zero-order valence-corrected chi connectivity index (χ0v) is 13.2. The van der Waals surface area contributed by atoms with Crippen molar-refractivity contribution in [3.63, 3.8) is 0 Å². The summed E-state index contributed by atoms with van der Waals surface area (Å²) in [4.78, 5) is 0. The van der Waals surface area contributed by atoms with Gasteiger partial charge < -0.3 is 5.32 Å². The molecule has 0 bridgehead atoms. The van der Waals surface area contributed by atoms with Crippen LogP contribution < -0.4 is 5.32 Å². The van der Waals surface area contributed by atoms with Crippen LogP contribution in [0.15, 0.2) is 0 Å². The van der Waals surface area contributed by atoms with Gasteiger partial charge in [-0.2, -0.15) is 0 Å². The molecule has 1 saturated carbocycles. The lowest BCUT2D eigenvalue weighted by Gasteiger charge is -2.37. The van der Waals surface area contributed by atoms with E-state index in [-0.39, 0.29) is 0 Å². The Kier molecular flexibility index (Phi) is 7.97. The Bertz CT molecular complexity index is 200. The third-order valence-corrected chi connectivity index (χ3v) is 4.66. The van der Waals surface area contributed by atoms with Gasteiger partial charge in [-0.1, -0.05) is 66.2 Å². The van der Waals surface area contributed by atoms with Crippen molar-refractivity contribution < 1.29 is 0 Å². The number of rotatable bonds is 8. The van der Waals surface area contributed by atoms with Crippen LogP contribution in [0, 0.1) is 17.8 Å². The minimum absolute atomic E-state index is 0.644. The second-order valence-corrected chi connectivity index (χ2v) is 6.69. The summed E-state index contributed by atoms with van der Waals surface area (Å²) in [6.45, 7) is 10.5. The van der Waals surface area contributed by atoms with E-state index in [0.717, 1.165) is 17.8 Å². The molecule has 0 aromatic heterocycles. The Morgan fingerprint density at radius 2 is 1.78 bits per heavy atom. The van der Waals surface area contributed by atoms with Gasteiger partial charge in [0.1, 0.15) is 0 Å². The SMILES string of the molecule is CCCCC1CC(CCC)CCC1CNC(C)C. The van der Waals surface area contributed by atoms with Crippen molar-refractivity contribution in [2.75, 3.05) is 6.54 Å². The van der Waals surface area contributed by atoms with Crippen LogP contribution in [0.1, 0.15) is 79.1 Å². The average Bonchev–Trinajstić information content (AvgIpc) is 2.35. The molecule has 18 heavy (non-hydrogen) atoms. The molecule has 1 N–H and O–H groups in total. The van der Waals surface area contributed by atoms with Crippen molar-refractivity contribution in [2.45, 2.75) is 85.1 Å². The van der Waals surface area contributed by atoms with Crippen molar-refractivity contribution >= 4 is 0 Å². The molecule has 0 amide bonds. The monoisotopic (exact) mass is 253 g/mol. The lowest BCUT2D eigenvalue weighted by Crippen LogP contribution is -2.36. The number of hydrogen-bond acceptors (Lipinski definition) is 1. The van der Waals surface area contributed by atoms with Gasteiger partial charge in [-0.25, -0.2) is 0 Å². The van der Waals surface area contributed by atoms with Gasteiger partial charge in [0.2, 0.25) is 0 Å². The molecule has 1 heteroatoms. The topological polar surface area (TPSA) is 12.0 Å². The zero-order chi connectivity index (χ0) is 13.4. The first-order chi connectivity index (χ1) is 8.67. The highest BCUT2D eigenvalue weighted by molar-refractivity contribution is 4.81. The fraction of sp³-hybridized carbons (Fsp3) is 1.00. The predicted molar refractivity (Wildman–Crippen MR) is 81.9 cm³/mol. The first-order valence-electron chi connectivity index (χ1n) is 8.40. The Hall–Kier alpha value is -0.0400. The summed E-state index contributed by atoms with van der Waals surface area (Å²) in [6, 6.07) is 0.644. The van der Waals surface area contributed by atoms with Crippen LogP contribution in [0.5, 0.6) is 0 Å². The van der Waals surface area contributed by atoms with Gasteiger partial charge in [-0.3, -0.25) is 0 Å². The molecular formula is C17H35N. The van der Waals surface area contributed by atoms with Crippen LogP contribution in [0.25, 0.3) is 0 Å². The molecule has 0 aliphatic heterocycles. The molecule has 0 aromatic rings. The van der Waals surface area contributed by atoms with Gasteiger partial charge in [0.05, 0.1) is 0 Å². The van der Waals surface area contributed by atoms with Gasteiger partial charge >= 0.3 is 0 Å². The lowest BCUT2D eigenvalue weighted by molar-refractivity contribution is 0.155. The summed E-state index contributed by atoms with van der Waals surface area (Å²) in [5.41, 5.74) is 0. The van der Waals surface area contributed by atoms with Crippen molar-refractivity contribution in [2.24, 2.45) is 17.8 Å². The van der Waals surface area contributed by atoms with Crippen molar-refractivity contribution in [3.05, 3.63) is 0 Å². The van der Waals surface area contributed by atoms with E-state index in [1.54, 1.807) is 0 Å². The minimum atomic E-state index is 0.644. The molecule has 1 nitrogen and oxygen atoms in total. The maximum Gasteiger partial charge on any atom is 0.00104 e. The summed E-state index contributed by atoms with van der Waals surface area (Å²) in [5.74, 6) is 2.99. The molecule has 0 heterocycles. The molecule has 1 fully saturated rings. The standard InChI is InChI=1S/C17H35N/c1-5-7-9-16-12-15(8-6-2)10-11-17(16)13-18-14(3)4/h14-18H,5-13H2,1-4H3. The van der Waals surface area contributed by atoms with Gasteiger partial charge in [0.15, 0.2) is 0 Å². The van der Waals surface area contributed by atoms with E-state index in [0.29, 0.717) is 6.04 Å². The van der Waals surface area contributed by atoms with Crippen molar-refractivity contribution in [3.8, 4) is 0 Å². The summed E-state index contributed by atoms with van der Waals surface area (Å²) < 4.78 is 0. The number of nitrogens with one attached hydrogen (secondary N) is 1. The summed E-state index contributed by atoms with van der Waals surface area (Å²) in [7, 11) is 0. The second kappa shape index (κ2) is 8.96. The smallest absolute Gasteiger partial charge is 0.00104 e. The van der Waals surface area contributed by atoms with Crippen LogP contribution in [0.2, 0.25) is 0 Å². The van der Waals surface area contributed by atoms with Gasteiger partial charge in [0, 0.05) is 6.04 Å². The lowest BCUT2D eigenvalue weighted by atomic mass is 9.71. The van der Waals surface area contributed by atoms with E-state index in [9.17, 15) is 0 Å². The molecular weight excluding hydrogens is 218 g/mol. The molecule has 1 aliphatic rings. The Balaban J connectivity index is 2.42. The quantitative estimate of drug-likeness (QED) is 0.641. The van der Waals surface area contributed by atoms with Gasteiger partial charge in [-0.15, -0.1) is 0 Å². The zero-order valence-electron chi connectivity index (χ0n) is 13.2. The fourth-order valence-electron chi connectivity index (χ4n) is 3.57. The number of hydrogen-bond donors (Lipinski definition) is 1. The van der Waals surface area contributed by atoms with Crippen molar-refractivity contribution in [1.82, 2.24) is 5.32 Å². The van der Waals surface area contributed by atoms with Gasteiger partial charge in [0.25, 0.3) is 0 Å². The third kappa shape index (κ3) is 5.73. The van der Waals surface area contributed by atoms with Crippen LogP contribution in [-0.2, 0) is 0 Å². The van der Waals surface area contributed by atoms with Crippen LogP contribution in [0.3, 0.4) is 0 Å². The van der Waals surface area contributed by atoms with E-state index < -0.39 is 0 Å². The highest BCUT2D eigenvalue weighted by atomic mass is 14.9. The molecule has 0 saturated heterocycles. The predicted octanol–water partition coefficient (Wildman–Crippen LogP) is 5.01. The molecule has 3 atom stereocenters. The van der Waals surface area contributed by atoms with Crippen LogP contribution in [0.4, 0.5) is 0 Å². The van der Waals surface area contributed by atoms with Crippen LogP contribution >= 0.6 is 0 Å². The molecule has 3 unspecified atom stereocenters. The maximum atomic E-state index is 3.67. The Labute approximate surface area is 115 Å².